The Hall–Kier alpha value is -2.77. The van der Waals surface area contributed by atoms with E-state index < -0.39 is 11.5 Å². The molecule has 8 heteroatoms. The minimum atomic E-state index is -2.67. The van der Waals surface area contributed by atoms with E-state index >= 15 is 0 Å². The zero-order chi connectivity index (χ0) is 15.0. The third kappa shape index (κ3) is 2.35. The van der Waals surface area contributed by atoms with Crippen LogP contribution in [0.2, 0.25) is 0 Å². The number of hydrogen-bond donors (Lipinski definition) is 0. The van der Waals surface area contributed by atoms with Gasteiger partial charge in [0.05, 0.1) is 17.0 Å². The maximum atomic E-state index is 12.8. The summed E-state index contributed by atoms with van der Waals surface area (Å²) in [6, 6.07) is 6.23. The molecule has 21 heavy (non-hydrogen) atoms. The number of nitro groups is 1. The molecule has 108 valence electrons. The number of fused-ring (bicyclic) bond motifs is 1. The number of rotatable bonds is 4. The van der Waals surface area contributed by atoms with Crippen molar-refractivity contribution in [1.29, 1.82) is 0 Å². The zero-order valence-corrected chi connectivity index (χ0v) is 10.7. The van der Waals surface area contributed by atoms with Gasteiger partial charge in [0.25, 0.3) is 5.69 Å². The van der Waals surface area contributed by atoms with Crippen LogP contribution in [0.5, 0.6) is 0 Å². The number of alkyl halides is 2. The molecule has 0 aliphatic heterocycles. The van der Waals surface area contributed by atoms with E-state index in [1.165, 1.54) is 24.5 Å². The summed E-state index contributed by atoms with van der Waals surface area (Å²) in [6.45, 7) is -2.55. The molecule has 0 saturated heterocycles. The Balaban J connectivity index is 2.02. The molecular formula is C13H10F2N4O2. The highest BCUT2D eigenvalue weighted by Crippen LogP contribution is 2.23. The summed E-state index contributed by atoms with van der Waals surface area (Å²) < 4.78 is 28.0. The van der Waals surface area contributed by atoms with Crippen LogP contribution in [0, 0.1) is 10.1 Å². The average molecular weight is 292 g/mol. The van der Waals surface area contributed by atoms with Gasteiger partial charge in [-0.05, 0) is 12.1 Å². The second-order valence-corrected chi connectivity index (χ2v) is 4.47. The molecule has 2 heterocycles. The molecule has 0 atom stereocenters. The van der Waals surface area contributed by atoms with Gasteiger partial charge in [0.15, 0.2) is 0 Å². The standard InChI is InChI=1S/C13H10F2N4O2/c14-13(15)18-6-4-16-12(18)8-17-5-3-9-1-2-10(19(20)21)7-11(9)17/h1-7,13H,8H2. The van der Waals surface area contributed by atoms with Crippen molar-refractivity contribution in [2.75, 3.05) is 0 Å². The first-order valence-corrected chi connectivity index (χ1v) is 6.09. The fraction of sp³-hybridized carbons (Fsp3) is 0.154. The number of aromatic nitrogens is 3. The van der Waals surface area contributed by atoms with Crippen LogP contribution in [0.3, 0.4) is 0 Å². The molecule has 0 amide bonds. The lowest BCUT2D eigenvalue weighted by Crippen LogP contribution is -2.08. The van der Waals surface area contributed by atoms with Gasteiger partial charge in [-0.3, -0.25) is 14.7 Å². The Morgan fingerprint density at radius 1 is 1.29 bits per heavy atom. The van der Waals surface area contributed by atoms with Crippen molar-refractivity contribution in [3.63, 3.8) is 0 Å². The van der Waals surface area contributed by atoms with Crippen LogP contribution < -0.4 is 0 Å². The molecule has 0 aliphatic carbocycles. The fourth-order valence-electron chi connectivity index (χ4n) is 2.22. The fourth-order valence-corrected chi connectivity index (χ4v) is 2.22. The Morgan fingerprint density at radius 2 is 2.10 bits per heavy atom. The molecule has 1 aromatic carbocycles. The molecule has 0 fully saturated rings. The number of imidazole rings is 1. The smallest absolute Gasteiger partial charge is 0.319 e. The van der Waals surface area contributed by atoms with Crippen molar-refractivity contribution in [3.05, 3.63) is 58.8 Å². The van der Waals surface area contributed by atoms with Crippen LogP contribution in [0.15, 0.2) is 42.9 Å². The van der Waals surface area contributed by atoms with Gasteiger partial charge in [-0.2, -0.15) is 8.78 Å². The van der Waals surface area contributed by atoms with Crippen molar-refractivity contribution >= 4 is 16.6 Å². The average Bonchev–Trinajstić information content (AvgIpc) is 3.06. The molecule has 0 spiro atoms. The Labute approximate surface area is 117 Å². The highest BCUT2D eigenvalue weighted by molar-refractivity contribution is 5.82. The monoisotopic (exact) mass is 292 g/mol. The Kier molecular flexibility index (Phi) is 3.13. The molecule has 2 aromatic heterocycles. The predicted octanol–water partition coefficient (Wildman–Crippen LogP) is 3.19. The number of nitrogens with zero attached hydrogens (tertiary/aromatic N) is 4. The summed E-state index contributed by atoms with van der Waals surface area (Å²) in [4.78, 5) is 14.2. The van der Waals surface area contributed by atoms with Gasteiger partial charge in [-0.25, -0.2) is 4.98 Å². The van der Waals surface area contributed by atoms with E-state index in [0.717, 1.165) is 9.95 Å². The molecule has 0 bridgehead atoms. The summed E-state index contributed by atoms with van der Waals surface area (Å²) in [7, 11) is 0. The van der Waals surface area contributed by atoms with E-state index in [4.69, 9.17) is 0 Å². The van der Waals surface area contributed by atoms with Crippen molar-refractivity contribution in [3.8, 4) is 0 Å². The van der Waals surface area contributed by atoms with E-state index in [0.29, 0.717) is 5.52 Å². The molecule has 0 N–H and O–H groups in total. The van der Waals surface area contributed by atoms with Gasteiger partial charge in [0.1, 0.15) is 5.82 Å². The SMILES string of the molecule is O=[N+]([O-])c1ccc2ccn(Cc3nccn3C(F)F)c2c1. The van der Waals surface area contributed by atoms with Gasteiger partial charge in [0.2, 0.25) is 0 Å². The third-order valence-electron chi connectivity index (χ3n) is 3.24. The van der Waals surface area contributed by atoms with E-state index in [1.54, 1.807) is 22.9 Å². The molecule has 0 aliphatic rings. The lowest BCUT2D eigenvalue weighted by molar-refractivity contribution is -0.384. The normalized spacial score (nSPS) is 11.4. The molecule has 0 radical (unpaired) electrons. The third-order valence-corrected chi connectivity index (χ3v) is 3.24. The predicted molar refractivity (Wildman–Crippen MR) is 71.2 cm³/mol. The molecule has 0 saturated carbocycles. The summed E-state index contributed by atoms with van der Waals surface area (Å²) in [5.74, 6) is 0.189. The minimum absolute atomic E-state index is 0.0420. The van der Waals surface area contributed by atoms with Crippen LogP contribution in [0.1, 0.15) is 12.4 Å². The van der Waals surface area contributed by atoms with E-state index in [-0.39, 0.29) is 18.1 Å². The van der Waals surface area contributed by atoms with Gasteiger partial charge in [-0.1, -0.05) is 0 Å². The number of hydrogen-bond acceptors (Lipinski definition) is 3. The van der Waals surface area contributed by atoms with Gasteiger partial charge < -0.3 is 4.57 Å². The van der Waals surface area contributed by atoms with Crippen molar-refractivity contribution in [1.82, 2.24) is 14.1 Å². The first kappa shape index (κ1) is 13.2. The minimum Gasteiger partial charge on any atom is -0.340 e. The topological polar surface area (TPSA) is 65.9 Å². The van der Waals surface area contributed by atoms with Crippen molar-refractivity contribution < 1.29 is 13.7 Å². The first-order chi connectivity index (χ1) is 10.1. The lowest BCUT2D eigenvalue weighted by atomic mass is 10.2. The molecule has 6 nitrogen and oxygen atoms in total. The maximum absolute atomic E-state index is 12.8. The molecular weight excluding hydrogens is 282 g/mol. The van der Waals surface area contributed by atoms with Crippen LogP contribution in [0.4, 0.5) is 14.5 Å². The lowest BCUT2D eigenvalue weighted by Gasteiger charge is -2.08. The number of benzene rings is 1. The quantitative estimate of drug-likeness (QED) is 0.548. The second kappa shape index (κ2) is 4.97. The molecule has 3 rings (SSSR count). The van der Waals surface area contributed by atoms with E-state index in [9.17, 15) is 18.9 Å². The highest BCUT2D eigenvalue weighted by atomic mass is 19.3. The maximum Gasteiger partial charge on any atom is 0.319 e. The largest absolute Gasteiger partial charge is 0.340 e. The van der Waals surface area contributed by atoms with Crippen LogP contribution in [-0.4, -0.2) is 19.0 Å². The summed E-state index contributed by atoms with van der Waals surface area (Å²) in [5, 5.41) is 11.6. The summed E-state index contributed by atoms with van der Waals surface area (Å²) in [5.41, 5.74) is 0.563. The van der Waals surface area contributed by atoms with Crippen LogP contribution >= 0.6 is 0 Å². The number of halogens is 2. The number of nitro benzene ring substituents is 1. The Bertz CT molecular complexity index is 809. The summed E-state index contributed by atoms with van der Waals surface area (Å²) >= 11 is 0. The first-order valence-electron chi connectivity index (χ1n) is 6.09. The summed E-state index contributed by atoms with van der Waals surface area (Å²) in [6.07, 6.45) is 4.20. The van der Waals surface area contributed by atoms with Crippen molar-refractivity contribution in [2.24, 2.45) is 0 Å². The molecule has 3 aromatic rings. The van der Waals surface area contributed by atoms with E-state index in [2.05, 4.69) is 4.98 Å². The Morgan fingerprint density at radius 3 is 2.81 bits per heavy atom. The van der Waals surface area contributed by atoms with Gasteiger partial charge in [-0.15, -0.1) is 0 Å². The molecule has 0 unspecified atom stereocenters. The van der Waals surface area contributed by atoms with Crippen molar-refractivity contribution in [2.45, 2.75) is 13.1 Å². The van der Waals surface area contributed by atoms with Gasteiger partial charge in [0, 0.05) is 36.1 Å². The number of non-ortho nitro benzene ring substituents is 1. The zero-order valence-electron chi connectivity index (χ0n) is 10.7. The second-order valence-electron chi connectivity index (χ2n) is 4.47. The van der Waals surface area contributed by atoms with Gasteiger partial charge >= 0.3 is 6.55 Å². The highest BCUT2D eigenvalue weighted by Gasteiger charge is 2.14. The van der Waals surface area contributed by atoms with Crippen LogP contribution in [-0.2, 0) is 6.54 Å². The van der Waals surface area contributed by atoms with Crippen LogP contribution in [0.25, 0.3) is 10.9 Å². The van der Waals surface area contributed by atoms with E-state index in [1.807, 2.05) is 0 Å².